The maximum atomic E-state index is 12.4. The van der Waals surface area contributed by atoms with Gasteiger partial charge < -0.3 is 5.73 Å². The van der Waals surface area contributed by atoms with Crippen LogP contribution in [0.5, 0.6) is 0 Å². The molecule has 1 aromatic rings. The van der Waals surface area contributed by atoms with Gasteiger partial charge in [-0.15, -0.1) is 0 Å². The first-order chi connectivity index (χ1) is 9.38. The number of sulfonamides is 1. The second-order valence-corrected chi connectivity index (χ2v) is 8.09. The smallest absolute Gasteiger partial charge is 0.214 e. The summed E-state index contributed by atoms with van der Waals surface area (Å²) in [5.41, 5.74) is 6.81. The molecule has 0 aliphatic heterocycles. The highest BCUT2D eigenvalue weighted by Crippen LogP contribution is 2.27. The van der Waals surface area contributed by atoms with Crippen LogP contribution in [0.15, 0.2) is 30.3 Å². The van der Waals surface area contributed by atoms with Crippen LogP contribution in [0.1, 0.15) is 31.2 Å². The van der Waals surface area contributed by atoms with Gasteiger partial charge in [0.1, 0.15) is 0 Å². The topological polar surface area (TPSA) is 63.4 Å². The molecule has 1 aliphatic rings. The number of nitrogens with two attached hydrogens (primary N) is 1. The summed E-state index contributed by atoms with van der Waals surface area (Å²) in [5.74, 6) is 0.593. The predicted molar refractivity (Wildman–Crippen MR) is 82.0 cm³/mol. The Morgan fingerprint density at radius 1 is 1.30 bits per heavy atom. The van der Waals surface area contributed by atoms with E-state index in [1.807, 2.05) is 37.3 Å². The molecule has 112 valence electrons. The van der Waals surface area contributed by atoms with Crippen molar-refractivity contribution < 1.29 is 8.42 Å². The molecule has 2 rings (SSSR count). The fourth-order valence-corrected chi connectivity index (χ4v) is 4.25. The lowest BCUT2D eigenvalue weighted by molar-refractivity contribution is 0.227. The molecule has 1 unspecified atom stereocenters. The molecular weight excluding hydrogens is 272 g/mol. The van der Waals surface area contributed by atoms with E-state index < -0.39 is 10.0 Å². The van der Waals surface area contributed by atoms with Gasteiger partial charge >= 0.3 is 0 Å². The van der Waals surface area contributed by atoms with Gasteiger partial charge in [-0.3, -0.25) is 0 Å². The Bertz CT molecular complexity index is 524. The predicted octanol–water partition coefficient (Wildman–Crippen LogP) is 1.79. The van der Waals surface area contributed by atoms with Crippen LogP contribution in [0, 0.1) is 5.92 Å². The average Bonchev–Trinajstić information content (AvgIpc) is 2.37. The zero-order chi connectivity index (χ0) is 14.8. The van der Waals surface area contributed by atoms with Crippen molar-refractivity contribution in [3.05, 3.63) is 35.9 Å². The van der Waals surface area contributed by atoms with Gasteiger partial charge in [0.25, 0.3) is 0 Å². The quantitative estimate of drug-likeness (QED) is 0.870. The molecule has 1 atom stereocenters. The van der Waals surface area contributed by atoms with Gasteiger partial charge in [0.05, 0.1) is 5.75 Å². The van der Waals surface area contributed by atoms with E-state index >= 15 is 0 Å². The standard InChI is InChI=1S/C15H24N2O2S/c1-12(14-6-4-3-5-7-14)11-20(18,19)17(2)10-13-8-15(16)9-13/h3-7,12-13,15H,8-11,16H2,1-2H3. The molecule has 1 aliphatic carbocycles. The fourth-order valence-electron chi connectivity index (χ4n) is 2.73. The van der Waals surface area contributed by atoms with E-state index in [0.717, 1.165) is 18.4 Å². The fraction of sp³-hybridized carbons (Fsp3) is 0.600. The van der Waals surface area contributed by atoms with Crippen LogP contribution in [0.25, 0.3) is 0 Å². The molecule has 1 aromatic carbocycles. The SMILES string of the molecule is CC(CS(=O)(=O)N(C)CC1CC(N)C1)c1ccccc1. The minimum Gasteiger partial charge on any atom is -0.328 e. The normalized spacial score (nSPS) is 24.4. The lowest BCUT2D eigenvalue weighted by atomic mass is 9.81. The molecule has 0 bridgehead atoms. The summed E-state index contributed by atoms with van der Waals surface area (Å²) in [5, 5.41) is 0. The van der Waals surface area contributed by atoms with Crippen LogP contribution < -0.4 is 5.73 Å². The Morgan fingerprint density at radius 3 is 2.45 bits per heavy atom. The van der Waals surface area contributed by atoms with Gasteiger partial charge in [0.15, 0.2) is 0 Å². The molecular formula is C15H24N2O2S. The summed E-state index contributed by atoms with van der Waals surface area (Å²) >= 11 is 0. The van der Waals surface area contributed by atoms with E-state index in [-0.39, 0.29) is 17.7 Å². The minimum absolute atomic E-state index is 0.00676. The van der Waals surface area contributed by atoms with E-state index in [1.165, 1.54) is 4.31 Å². The number of benzene rings is 1. The molecule has 1 fully saturated rings. The third-order valence-electron chi connectivity index (χ3n) is 4.09. The van der Waals surface area contributed by atoms with E-state index in [0.29, 0.717) is 12.5 Å². The molecule has 0 spiro atoms. The van der Waals surface area contributed by atoms with Crippen LogP contribution in [0.2, 0.25) is 0 Å². The summed E-state index contributed by atoms with van der Waals surface area (Å²) in [6, 6.07) is 10.0. The summed E-state index contributed by atoms with van der Waals surface area (Å²) in [7, 11) is -1.53. The summed E-state index contributed by atoms with van der Waals surface area (Å²) in [6.45, 7) is 2.55. The first-order valence-corrected chi connectivity index (χ1v) is 8.74. The van der Waals surface area contributed by atoms with E-state index in [4.69, 9.17) is 5.73 Å². The van der Waals surface area contributed by atoms with Gasteiger partial charge in [0, 0.05) is 19.6 Å². The Kier molecular flexibility index (Phi) is 4.83. The highest BCUT2D eigenvalue weighted by atomic mass is 32.2. The van der Waals surface area contributed by atoms with Crippen molar-refractivity contribution in [2.75, 3.05) is 19.3 Å². The third kappa shape index (κ3) is 3.81. The van der Waals surface area contributed by atoms with E-state index in [2.05, 4.69) is 0 Å². The van der Waals surface area contributed by atoms with Crippen molar-refractivity contribution in [3.8, 4) is 0 Å². The monoisotopic (exact) mass is 296 g/mol. The second-order valence-electron chi connectivity index (χ2n) is 5.97. The largest absolute Gasteiger partial charge is 0.328 e. The van der Waals surface area contributed by atoms with Gasteiger partial charge in [-0.25, -0.2) is 12.7 Å². The van der Waals surface area contributed by atoms with Gasteiger partial charge in [0.2, 0.25) is 10.0 Å². The van der Waals surface area contributed by atoms with Crippen LogP contribution in [-0.4, -0.2) is 38.1 Å². The molecule has 0 amide bonds. The molecule has 20 heavy (non-hydrogen) atoms. The lowest BCUT2D eigenvalue weighted by Crippen LogP contribution is -2.44. The summed E-state index contributed by atoms with van der Waals surface area (Å²) in [4.78, 5) is 0. The minimum atomic E-state index is -3.20. The Balaban J connectivity index is 1.93. The zero-order valence-electron chi connectivity index (χ0n) is 12.2. The molecule has 0 heterocycles. The number of nitrogens with zero attached hydrogens (tertiary/aromatic N) is 1. The van der Waals surface area contributed by atoms with Crippen molar-refractivity contribution in [3.63, 3.8) is 0 Å². The summed E-state index contributed by atoms with van der Waals surface area (Å²) < 4.78 is 26.2. The zero-order valence-corrected chi connectivity index (χ0v) is 13.0. The van der Waals surface area contributed by atoms with Crippen LogP contribution >= 0.6 is 0 Å². The maximum Gasteiger partial charge on any atom is 0.214 e. The second kappa shape index (κ2) is 6.24. The number of hydrogen-bond acceptors (Lipinski definition) is 3. The molecule has 1 saturated carbocycles. The average molecular weight is 296 g/mol. The molecule has 0 aromatic heterocycles. The van der Waals surface area contributed by atoms with Crippen molar-refractivity contribution in [1.82, 2.24) is 4.31 Å². The molecule has 2 N–H and O–H groups in total. The van der Waals surface area contributed by atoms with Crippen molar-refractivity contribution in [2.45, 2.75) is 31.7 Å². The van der Waals surface area contributed by atoms with Gasteiger partial charge in [-0.1, -0.05) is 37.3 Å². The van der Waals surface area contributed by atoms with Gasteiger partial charge in [-0.05, 0) is 30.2 Å². The first-order valence-electron chi connectivity index (χ1n) is 7.13. The summed E-state index contributed by atoms with van der Waals surface area (Å²) in [6.07, 6.45) is 1.88. The Hall–Kier alpha value is -0.910. The van der Waals surface area contributed by atoms with E-state index in [9.17, 15) is 8.42 Å². The van der Waals surface area contributed by atoms with E-state index in [1.54, 1.807) is 7.05 Å². The number of rotatable bonds is 6. The van der Waals surface area contributed by atoms with Crippen molar-refractivity contribution in [1.29, 1.82) is 0 Å². The highest BCUT2D eigenvalue weighted by molar-refractivity contribution is 7.89. The molecule has 5 heteroatoms. The number of hydrogen-bond donors (Lipinski definition) is 1. The van der Waals surface area contributed by atoms with Gasteiger partial charge in [-0.2, -0.15) is 0 Å². The Labute approximate surface area is 122 Å². The highest BCUT2D eigenvalue weighted by Gasteiger charge is 2.30. The molecule has 0 saturated heterocycles. The lowest BCUT2D eigenvalue weighted by Gasteiger charge is -2.35. The van der Waals surface area contributed by atoms with Crippen LogP contribution in [0.4, 0.5) is 0 Å². The first kappa shape index (κ1) is 15.5. The Morgan fingerprint density at radius 2 is 1.90 bits per heavy atom. The molecule has 0 radical (unpaired) electrons. The van der Waals surface area contributed by atoms with Crippen molar-refractivity contribution in [2.24, 2.45) is 11.7 Å². The van der Waals surface area contributed by atoms with Crippen LogP contribution in [0.3, 0.4) is 0 Å². The molecule has 4 nitrogen and oxygen atoms in total. The third-order valence-corrected chi connectivity index (χ3v) is 6.11. The van der Waals surface area contributed by atoms with Crippen LogP contribution in [-0.2, 0) is 10.0 Å². The van der Waals surface area contributed by atoms with Crippen molar-refractivity contribution >= 4 is 10.0 Å². The maximum absolute atomic E-state index is 12.4.